The van der Waals surface area contributed by atoms with Gasteiger partial charge in [0.15, 0.2) is 9.84 Å². The lowest BCUT2D eigenvalue weighted by atomic mass is 10.0. The Labute approximate surface area is 177 Å². The number of sulfone groups is 1. The minimum Gasteiger partial charge on any atom is -0.435 e. The Morgan fingerprint density at radius 3 is 2.68 bits per heavy atom. The average molecular weight is 447 g/mol. The molecule has 10 heteroatoms. The van der Waals surface area contributed by atoms with Gasteiger partial charge in [-0.25, -0.2) is 13.1 Å². The molecule has 1 saturated heterocycles. The Morgan fingerprint density at radius 2 is 2.03 bits per heavy atom. The molecule has 1 N–H and O–H groups in total. The summed E-state index contributed by atoms with van der Waals surface area (Å²) in [6.07, 6.45) is 1.53. The van der Waals surface area contributed by atoms with Crippen molar-refractivity contribution in [2.45, 2.75) is 19.1 Å². The highest BCUT2D eigenvalue weighted by molar-refractivity contribution is 7.93. The second-order valence-corrected chi connectivity index (χ2v) is 9.72. The maximum absolute atomic E-state index is 12.7. The van der Waals surface area contributed by atoms with Crippen molar-refractivity contribution >= 4 is 32.7 Å². The van der Waals surface area contributed by atoms with E-state index in [4.69, 9.17) is 0 Å². The molecular formula is C21H19F2N3O4S. The summed E-state index contributed by atoms with van der Waals surface area (Å²) in [6.45, 7) is 2.49. The van der Waals surface area contributed by atoms with E-state index in [1.54, 1.807) is 41.9 Å². The summed E-state index contributed by atoms with van der Waals surface area (Å²) in [5.74, 6) is -0.591. The zero-order valence-corrected chi connectivity index (χ0v) is 17.3. The summed E-state index contributed by atoms with van der Waals surface area (Å²) in [5, 5.41) is 7.87. The molecule has 1 fully saturated rings. The van der Waals surface area contributed by atoms with Crippen molar-refractivity contribution in [2.24, 2.45) is 0 Å². The first-order valence-electron chi connectivity index (χ1n) is 9.33. The van der Waals surface area contributed by atoms with Crippen LogP contribution in [-0.2, 0) is 9.84 Å². The van der Waals surface area contributed by atoms with Crippen LogP contribution in [0.15, 0.2) is 49.0 Å². The molecule has 0 unspecified atom stereocenters. The molecule has 1 aliphatic heterocycles. The summed E-state index contributed by atoms with van der Waals surface area (Å²) in [7, 11) is -3.10. The van der Waals surface area contributed by atoms with Crippen LogP contribution in [0.4, 0.5) is 8.78 Å². The number of hydrogen-bond acceptors (Lipinski definition) is 5. The van der Waals surface area contributed by atoms with Crippen LogP contribution in [0, 0.1) is 0 Å². The minimum absolute atomic E-state index is 0.00371. The van der Waals surface area contributed by atoms with Gasteiger partial charge in [0.25, 0.3) is 5.91 Å². The molecule has 1 aromatic heterocycles. The van der Waals surface area contributed by atoms with E-state index in [1.807, 2.05) is 0 Å². The molecule has 7 nitrogen and oxygen atoms in total. The van der Waals surface area contributed by atoms with E-state index < -0.39 is 27.9 Å². The van der Waals surface area contributed by atoms with Gasteiger partial charge in [-0.15, -0.1) is 0 Å². The SMILES string of the molecule is C=Cc1nn(-c2cccc(OC(F)F)c2)c2ccc(C(=O)NC3(C)CS(=O)(=O)C3)cc12. The van der Waals surface area contributed by atoms with Gasteiger partial charge in [0.05, 0.1) is 33.9 Å². The molecular weight excluding hydrogens is 428 g/mol. The molecule has 0 spiro atoms. The van der Waals surface area contributed by atoms with Crippen molar-refractivity contribution in [1.29, 1.82) is 0 Å². The summed E-state index contributed by atoms with van der Waals surface area (Å²) in [6, 6.07) is 11.0. The van der Waals surface area contributed by atoms with Gasteiger partial charge >= 0.3 is 6.61 Å². The third-order valence-corrected chi connectivity index (χ3v) is 7.10. The van der Waals surface area contributed by atoms with Crippen LogP contribution in [0.5, 0.6) is 5.75 Å². The van der Waals surface area contributed by atoms with Crippen LogP contribution >= 0.6 is 0 Å². The van der Waals surface area contributed by atoms with Crippen LogP contribution < -0.4 is 10.1 Å². The second kappa shape index (κ2) is 7.45. The van der Waals surface area contributed by atoms with Crippen molar-refractivity contribution in [3.63, 3.8) is 0 Å². The third-order valence-electron chi connectivity index (χ3n) is 4.94. The van der Waals surface area contributed by atoms with Gasteiger partial charge in [0.1, 0.15) is 5.75 Å². The lowest BCUT2D eigenvalue weighted by Gasteiger charge is -2.38. The lowest BCUT2D eigenvalue weighted by molar-refractivity contribution is -0.0498. The Balaban J connectivity index is 1.68. The quantitative estimate of drug-likeness (QED) is 0.627. The molecule has 1 aliphatic rings. The van der Waals surface area contributed by atoms with Gasteiger partial charge in [0, 0.05) is 17.0 Å². The second-order valence-electron chi connectivity index (χ2n) is 7.66. The molecule has 4 rings (SSSR count). The maximum Gasteiger partial charge on any atom is 0.387 e. The first kappa shape index (κ1) is 21.0. The average Bonchev–Trinajstić information content (AvgIpc) is 3.03. The fraction of sp³-hybridized carbons (Fsp3) is 0.238. The van der Waals surface area contributed by atoms with Crippen LogP contribution in [0.1, 0.15) is 23.0 Å². The number of carbonyl (C=O) groups excluding carboxylic acids is 1. The predicted molar refractivity (Wildman–Crippen MR) is 112 cm³/mol. The molecule has 31 heavy (non-hydrogen) atoms. The predicted octanol–water partition coefficient (Wildman–Crippen LogP) is 3.19. The monoisotopic (exact) mass is 447 g/mol. The van der Waals surface area contributed by atoms with Crippen molar-refractivity contribution in [3.8, 4) is 11.4 Å². The number of aromatic nitrogens is 2. The Kier molecular flexibility index (Phi) is 5.04. The molecule has 0 bridgehead atoms. The van der Waals surface area contributed by atoms with Crippen molar-refractivity contribution in [2.75, 3.05) is 11.5 Å². The van der Waals surface area contributed by atoms with E-state index in [-0.39, 0.29) is 17.3 Å². The number of carbonyl (C=O) groups is 1. The highest BCUT2D eigenvalue weighted by Gasteiger charge is 2.45. The number of ether oxygens (including phenoxy) is 1. The van der Waals surface area contributed by atoms with E-state index in [0.717, 1.165) is 0 Å². The zero-order valence-electron chi connectivity index (χ0n) is 16.5. The molecule has 3 aromatic rings. The first-order chi connectivity index (χ1) is 14.6. The molecule has 162 valence electrons. The van der Waals surface area contributed by atoms with E-state index >= 15 is 0 Å². The normalized spacial score (nSPS) is 16.6. The lowest BCUT2D eigenvalue weighted by Crippen LogP contribution is -2.63. The number of amides is 1. The van der Waals surface area contributed by atoms with E-state index in [9.17, 15) is 22.0 Å². The Morgan fingerprint density at radius 1 is 1.29 bits per heavy atom. The van der Waals surface area contributed by atoms with Gasteiger partial charge in [-0.1, -0.05) is 12.6 Å². The number of rotatable bonds is 6. The summed E-state index contributed by atoms with van der Waals surface area (Å²) < 4.78 is 54.1. The summed E-state index contributed by atoms with van der Waals surface area (Å²) >= 11 is 0. The van der Waals surface area contributed by atoms with Gasteiger partial charge in [-0.2, -0.15) is 13.9 Å². The number of nitrogens with one attached hydrogen (secondary N) is 1. The van der Waals surface area contributed by atoms with Crippen LogP contribution in [0.3, 0.4) is 0 Å². The first-order valence-corrected chi connectivity index (χ1v) is 11.1. The van der Waals surface area contributed by atoms with Crippen molar-refractivity contribution in [3.05, 3.63) is 60.3 Å². The number of alkyl halides is 2. The number of halogens is 2. The maximum atomic E-state index is 12.7. The van der Waals surface area contributed by atoms with Crippen LogP contribution in [0.2, 0.25) is 0 Å². The minimum atomic E-state index is -3.10. The number of hydrogen-bond donors (Lipinski definition) is 1. The van der Waals surface area contributed by atoms with Gasteiger partial charge in [-0.3, -0.25) is 4.79 Å². The van der Waals surface area contributed by atoms with Crippen molar-refractivity contribution < 1.29 is 26.7 Å². The summed E-state index contributed by atoms with van der Waals surface area (Å²) in [5.41, 5.74) is 1.19. The fourth-order valence-electron chi connectivity index (χ4n) is 3.77. The van der Waals surface area contributed by atoms with E-state index in [2.05, 4.69) is 21.7 Å². The molecule has 0 atom stereocenters. The standard InChI is InChI=1S/C21H19F2N3O4S/c1-3-17-16-9-13(19(27)24-21(2)11-31(28,29)12-21)7-8-18(16)26(25-17)14-5-4-6-15(10-14)30-20(22)23/h3-10,20H,1,11-12H2,2H3,(H,24,27). The number of benzene rings is 2. The van der Waals surface area contributed by atoms with Gasteiger partial charge in [-0.05, 0) is 43.3 Å². The largest absolute Gasteiger partial charge is 0.435 e. The van der Waals surface area contributed by atoms with E-state index in [1.165, 1.54) is 18.2 Å². The van der Waals surface area contributed by atoms with Crippen LogP contribution in [-0.4, -0.2) is 47.8 Å². The van der Waals surface area contributed by atoms with Gasteiger partial charge < -0.3 is 10.1 Å². The third kappa shape index (κ3) is 4.15. The van der Waals surface area contributed by atoms with Crippen LogP contribution in [0.25, 0.3) is 22.7 Å². The molecule has 1 amide bonds. The zero-order chi connectivity index (χ0) is 22.4. The number of fused-ring (bicyclic) bond motifs is 1. The highest BCUT2D eigenvalue weighted by Crippen LogP contribution is 2.28. The highest BCUT2D eigenvalue weighted by atomic mass is 32.2. The summed E-state index contributed by atoms with van der Waals surface area (Å²) in [4.78, 5) is 12.7. The van der Waals surface area contributed by atoms with Gasteiger partial charge in [0.2, 0.25) is 0 Å². The van der Waals surface area contributed by atoms with E-state index in [0.29, 0.717) is 27.8 Å². The molecule has 2 aromatic carbocycles. The molecule has 0 aliphatic carbocycles. The van der Waals surface area contributed by atoms with Crippen molar-refractivity contribution in [1.82, 2.24) is 15.1 Å². The molecule has 0 saturated carbocycles. The fourth-order valence-corrected chi connectivity index (χ4v) is 5.77. The Hall–Kier alpha value is -3.27. The smallest absolute Gasteiger partial charge is 0.387 e. The topological polar surface area (TPSA) is 90.3 Å². The number of nitrogens with zero attached hydrogens (tertiary/aromatic N) is 2. The molecule has 2 heterocycles. The Bertz CT molecular complexity index is 1290. The molecule has 0 radical (unpaired) electrons.